The van der Waals surface area contributed by atoms with E-state index in [1.54, 1.807) is 13.0 Å². The Balaban J connectivity index is 1.26. The fourth-order valence-corrected chi connectivity index (χ4v) is 9.15. The zero-order valence-electron chi connectivity index (χ0n) is 25.8. The monoisotopic (exact) mass is 624 g/mol. The zero-order chi connectivity index (χ0) is 31.9. The number of pyridine rings is 1. The second-order valence-electron chi connectivity index (χ2n) is 13.7. The van der Waals surface area contributed by atoms with Gasteiger partial charge in [0.05, 0.1) is 12.8 Å². The third-order valence-corrected chi connectivity index (χ3v) is 10.7. The number of nitrogens with zero attached hydrogens (tertiary/aromatic N) is 3. The van der Waals surface area contributed by atoms with Crippen LogP contribution in [0.3, 0.4) is 0 Å². The average molecular weight is 625 g/mol. The van der Waals surface area contributed by atoms with Crippen LogP contribution in [-0.2, 0) is 25.7 Å². The molecule has 6 rings (SSSR count). The quantitative estimate of drug-likeness (QED) is 0.254. The lowest BCUT2D eigenvalue weighted by Gasteiger charge is -2.46. The minimum Gasteiger partial charge on any atom is -0.466 e. The molecule has 0 spiro atoms. The van der Waals surface area contributed by atoms with Gasteiger partial charge >= 0.3 is 5.97 Å². The third kappa shape index (κ3) is 6.06. The number of esters is 1. The van der Waals surface area contributed by atoms with Crippen molar-refractivity contribution in [2.45, 2.75) is 90.8 Å². The summed E-state index contributed by atoms with van der Waals surface area (Å²) in [4.78, 5) is 64.6. The van der Waals surface area contributed by atoms with Gasteiger partial charge in [0.15, 0.2) is 0 Å². The number of hydrogen-bond donors (Lipinski definition) is 3. The van der Waals surface area contributed by atoms with Gasteiger partial charge in [-0.15, -0.1) is 5.10 Å². The first-order valence-corrected chi connectivity index (χ1v) is 15.6. The Bertz CT molecular complexity index is 1560. The molecule has 0 saturated heterocycles. The fourth-order valence-electron chi connectivity index (χ4n) is 8.59. The summed E-state index contributed by atoms with van der Waals surface area (Å²) in [6.07, 6.45) is 9.89. The van der Waals surface area contributed by atoms with Crippen LogP contribution in [0.5, 0.6) is 0 Å². The summed E-state index contributed by atoms with van der Waals surface area (Å²) < 4.78 is 9.63. The minimum absolute atomic E-state index is 0.0178. The maximum Gasteiger partial charge on any atom is 0.330 e. The maximum absolute atomic E-state index is 13.4. The molecule has 4 aliphatic rings. The summed E-state index contributed by atoms with van der Waals surface area (Å²) in [5.41, 5.74) is 0.224. The molecular weight excluding hydrogens is 584 g/mol. The number of methoxy groups -OCH3 is 1. The minimum atomic E-state index is -1.04. The van der Waals surface area contributed by atoms with Crippen LogP contribution in [0.4, 0.5) is 5.69 Å². The van der Waals surface area contributed by atoms with Crippen molar-refractivity contribution < 1.29 is 23.9 Å². The Labute approximate surface area is 260 Å². The van der Waals surface area contributed by atoms with E-state index in [4.69, 9.17) is 0 Å². The summed E-state index contributed by atoms with van der Waals surface area (Å²) in [7, 11) is 1.26. The smallest absolute Gasteiger partial charge is 0.330 e. The van der Waals surface area contributed by atoms with Crippen LogP contribution in [0.1, 0.15) is 81.1 Å². The van der Waals surface area contributed by atoms with Crippen LogP contribution in [0.15, 0.2) is 35.3 Å². The second-order valence-corrected chi connectivity index (χ2v) is 14.5. The van der Waals surface area contributed by atoms with E-state index < -0.39 is 29.4 Å². The molecular formula is C31H40N6O6S. The van der Waals surface area contributed by atoms with Gasteiger partial charge in [0.2, 0.25) is 11.8 Å². The fraction of sp³-hybridized carbons (Fsp3) is 0.581. The first-order chi connectivity index (χ1) is 20.7. The summed E-state index contributed by atoms with van der Waals surface area (Å²) in [6.45, 7) is 8.49. The first-order valence-electron chi connectivity index (χ1n) is 14.9. The van der Waals surface area contributed by atoms with E-state index >= 15 is 0 Å². The largest absolute Gasteiger partial charge is 0.466 e. The number of anilines is 1. The SMILES string of the molecule is COC(=O)/C=C/CC[C@H](NC(=O)c1snnc1C)C(=O)Nc1cccn(CC(=O)NC23CC4(C)CC(C)(C2)C(C)(C4)C3)c1=O. The summed E-state index contributed by atoms with van der Waals surface area (Å²) in [5.74, 6) is -1.92. The van der Waals surface area contributed by atoms with Crippen molar-refractivity contribution in [3.63, 3.8) is 0 Å². The van der Waals surface area contributed by atoms with Crippen molar-refractivity contribution in [2.75, 3.05) is 12.4 Å². The van der Waals surface area contributed by atoms with Crippen molar-refractivity contribution in [2.24, 2.45) is 16.2 Å². The molecule has 4 bridgehead atoms. The van der Waals surface area contributed by atoms with E-state index in [0.717, 1.165) is 30.8 Å². The van der Waals surface area contributed by atoms with Gasteiger partial charge in [0.25, 0.3) is 11.5 Å². The number of aryl methyl sites for hydroxylation is 1. The van der Waals surface area contributed by atoms with Crippen LogP contribution in [-0.4, -0.2) is 56.5 Å². The van der Waals surface area contributed by atoms with Gasteiger partial charge < -0.3 is 25.3 Å². The molecule has 0 radical (unpaired) electrons. The molecule has 2 heterocycles. The Morgan fingerprint density at radius 1 is 1.11 bits per heavy atom. The lowest BCUT2D eigenvalue weighted by atomic mass is 9.64. The van der Waals surface area contributed by atoms with Gasteiger partial charge in [0.1, 0.15) is 23.2 Å². The highest BCUT2D eigenvalue weighted by molar-refractivity contribution is 7.08. The third-order valence-electron chi connectivity index (χ3n) is 9.87. The number of aromatic nitrogens is 3. The van der Waals surface area contributed by atoms with Crippen LogP contribution < -0.4 is 21.5 Å². The van der Waals surface area contributed by atoms with Crippen LogP contribution in [0.25, 0.3) is 0 Å². The van der Waals surface area contributed by atoms with E-state index in [9.17, 15) is 24.0 Å². The highest BCUT2D eigenvalue weighted by Gasteiger charge is 2.71. The second kappa shape index (κ2) is 11.6. The summed E-state index contributed by atoms with van der Waals surface area (Å²) >= 11 is 0.907. The molecule has 4 fully saturated rings. The highest BCUT2D eigenvalue weighted by atomic mass is 32.1. The van der Waals surface area contributed by atoms with Gasteiger partial charge in [-0.2, -0.15) is 0 Å². The van der Waals surface area contributed by atoms with Crippen molar-refractivity contribution in [3.8, 4) is 0 Å². The van der Waals surface area contributed by atoms with E-state index in [1.807, 2.05) is 0 Å². The van der Waals surface area contributed by atoms with E-state index in [0.29, 0.717) is 5.69 Å². The summed E-state index contributed by atoms with van der Waals surface area (Å²) in [6, 6.07) is 2.00. The molecule has 2 aromatic heterocycles. The number of carbonyl (C=O) groups is 4. The van der Waals surface area contributed by atoms with Gasteiger partial charge in [-0.05, 0) is 91.8 Å². The number of allylic oxidation sites excluding steroid dienone is 1. The predicted octanol–water partition coefficient (Wildman–Crippen LogP) is 3.12. The predicted molar refractivity (Wildman–Crippen MR) is 164 cm³/mol. The van der Waals surface area contributed by atoms with Gasteiger partial charge in [-0.1, -0.05) is 31.3 Å². The Morgan fingerprint density at radius 2 is 1.82 bits per heavy atom. The van der Waals surface area contributed by atoms with E-state index in [-0.39, 0.29) is 57.6 Å². The topological polar surface area (TPSA) is 161 Å². The van der Waals surface area contributed by atoms with Crippen molar-refractivity contribution in [1.82, 2.24) is 24.8 Å². The van der Waals surface area contributed by atoms with Crippen LogP contribution in [0.2, 0.25) is 0 Å². The van der Waals surface area contributed by atoms with Gasteiger partial charge in [-0.25, -0.2) is 4.79 Å². The summed E-state index contributed by atoms with van der Waals surface area (Å²) in [5, 5.41) is 12.5. The van der Waals surface area contributed by atoms with E-state index in [2.05, 4.69) is 51.0 Å². The van der Waals surface area contributed by atoms with Crippen molar-refractivity contribution in [3.05, 3.63) is 51.4 Å². The lowest BCUT2D eigenvalue weighted by Crippen LogP contribution is -2.54. The molecule has 44 heavy (non-hydrogen) atoms. The average Bonchev–Trinajstić information content (AvgIpc) is 3.47. The van der Waals surface area contributed by atoms with E-state index in [1.165, 1.54) is 48.9 Å². The molecule has 0 aliphatic heterocycles. The molecule has 4 saturated carbocycles. The van der Waals surface area contributed by atoms with Crippen molar-refractivity contribution in [1.29, 1.82) is 0 Å². The number of nitrogens with one attached hydrogen (secondary N) is 3. The van der Waals surface area contributed by atoms with Crippen LogP contribution >= 0.6 is 11.5 Å². The maximum atomic E-state index is 13.4. The molecule has 3 N–H and O–H groups in total. The molecule has 3 amide bonds. The number of amides is 3. The van der Waals surface area contributed by atoms with Crippen LogP contribution in [0, 0.1) is 23.2 Å². The molecule has 0 aromatic carbocycles. The molecule has 13 heteroatoms. The van der Waals surface area contributed by atoms with Gasteiger partial charge in [0, 0.05) is 17.8 Å². The Hall–Kier alpha value is -3.87. The highest BCUT2D eigenvalue weighted by Crippen LogP contribution is 2.77. The molecule has 236 valence electrons. The molecule has 2 aromatic rings. The number of hydrogen-bond acceptors (Lipinski definition) is 9. The molecule has 2 unspecified atom stereocenters. The zero-order valence-corrected chi connectivity index (χ0v) is 26.6. The molecule has 12 nitrogen and oxygen atoms in total. The first kappa shape index (κ1) is 31.6. The lowest BCUT2D eigenvalue weighted by molar-refractivity contribution is -0.134. The van der Waals surface area contributed by atoms with Gasteiger partial charge in [-0.3, -0.25) is 19.2 Å². The standard InChI is InChI=1S/C31H40N6O6S/c1-19-24(44-36-35-19)26(41)32-20(9-6-7-11-23(39)43-5)25(40)33-21-10-8-12-37(27(21)42)13-22(38)34-31-16-28(2)14-29(3,17-31)30(4,15-28)18-31/h7-8,10-12,20H,6,9,13-18H2,1-5H3,(H,32,41)(H,33,40)(H,34,38)/b11-7+/t20-,28?,29?,30?,31?/m0/s1. The number of rotatable bonds is 11. The Morgan fingerprint density at radius 3 is 2.43 bits per heavy atom. The number of carbonyl (C=O) groups excluding carboxylic acids is 4. The van der Waals surface area contributed by atoms with Crippen molar-refractivity contribution >= 4 is 40.9 Å². The number of ether oxygens (including phenoxy) is 1. The molecule has 3 atom stereocenters. The Kier molecular flexibility index (Phi) is 8.29. The normalized spacial score (nSPS) is 29.0. The molecule has 4 aliphatic carbocycles.